The second-order valence-corrected chi connectivity index (χ2v) is 5.36. The Morgan fingerprint density at radius 3 is 2.65 bits per heavy atom. The molecule has 1 aromatic heterocycles. The summed E-state index contributed by atoms with van der Waals surface area (Å²) in [6, 6.07) is 1.38. The Bertz CT molecular complexity index is 513. The smallest absolute Gasteiger partial charge is 0.303 e. The molecule has 0 aromatic carbocycles. The molecule has 1 aliphatic rings. The zero-order valence-corrected chi connectivity index (χ0v) is 11.1. The summed E-state index contributed by atoms with van der Waals surface area (Å²) in [7, 11) is 0. The quantitative estimate of drug-likeness (QED) is 0.868. The van der Waals surface area contributed by atoms with Gasteiger partial charge in [0.1, 0.15) is 0 Å². The average Bonchev–Trinajstić information content (AvgIpc) is 2.79. The van der Waals surface area contributed by atoms with Crippen molar-refractivity contribution in [1.29, 1.82) is 0 Å². The number of aliphatic carboxylic acids is 1. The number of amides is 1. The van der Waals surface area contributed by atoms with Gasteiger partial charge in [0.15, 0.2) is 5.82 Å². The third kappa shape index (κ3) is 3.53. The standard InChI is InChI=1S/C14H17FN2O3/c15-10-9-16-6-3-11(10)17-12(18)7-14(8-13(19)20)4-1-2-5-14/h3,6,9H,1-2,4-5,7-8H2,(H,19,20)(H,16,17,18). The number of rotatable bonds is 5. The SMILES string of the molecule is O=C(O)CC1(CC(=O)Nc2ccncc2F)CCCC1. The third-order valence-electron chi connectivity index (χ3n) is 3.77. The molecule has 0 spiro atoms. The molecule has 1 fully saturated rings. The molecule has 0 unspecified atom stereocenters. The number of carboxylic acid groups (broad SMARTS) is 1. The number of aromatic nitrogens is 1. The Morgan fingerprint density at radius 2 is 2.05 bits per heavy atom. The zero-order valence-electron chi connectivity index (χ0n) is 11.1. The number of pyridine rings is 1. The molecule has 1 heterocycles. The normalized spacial score (nSPS) is 16.9. The summed E-state index contributed by atoms with van der Waals surface area (Å²) >= 11 is 0. The fourth-order valence-corrected chi connectivity index (χ4v) is 2.87. The maximum Gasteiger partial charge on any atom is 0.303 e. The topological polar surface area (TPSA) is 79.3 Å². The minimum absolute atomic E-state index is 0.0146. The van der Waals surface area contributed by atoms with Gasteiger partial charge in [-0.25, -0.2) is 4.39 Å². The lowest BCUT2D eigenvalue weighted by Crippen LogP contribution is -2.28. The van der Waals surface area contributed by atoms with E-state index < -0.39 is 17.2 Å². The molecular weight excluding hydrogens is 263 g/mol. The number of nitrogens with zero attached hydrogens (tertiary/aromatic N) is 1. The van der Waals surface area contributed by atoms with Gasteiger partial charge in [0.2, 0.25) is 5.91 Å². The van der Waals surface area contributed by atoms with Crippen LogP contribution in [-0.4, -0.2) is 22.0 Å². The summed E-state index contributed by atoms with van der Waals surface area (Å²) in [6.07, 6.45) is 5.84. The third-order valence-corrected chi connectivity index (χ3v) is 3.77. The second kappa shape index (κ2) is 5.98. The van der Waals surface area contributed by atoms with E-state index >= 15 is 0 Å². The molecular formula is C14H17FN2O3. The number of anilines is 1. The number of carboxylic acids is 1. The number of hydrogen-bond donors (Lipinski definition) is 2. The van der Waals surface area contributed by atoms with Crippen LogP contribution in [0.5, 0.6) is 0 Å². The van der Waals surface area contributed by atoms with Crippen LogP contribution in [0.25, 0.3) is 0 Å². The maximum atomic E-state index is 13.4. The molecule has 2 N–H and O–H groups in total. The van der Waals surface area contributed by atoms with Gasteiger partial charge in [-0.05, 0) is 24.3 Å². The first kappa shape index (κ1) is 14.4. The van der Waals surface area contributed by atoms with Gasteiger partial charge in [-0.15, -0.1) is 0 Å². The Balaban J connectivity index is 2.02. The fraction of sp³-hybridized carbons (Fsp3) is 0.500. The van der Waals surface area contributed by atoms with E-state index in [-0.39, 0.29) is 24.4 Å². The summed E-state index contributed by atoms with van der Waals surface area (Å²) in [5.41, 5.74) is -0.409. The monoisotopic (exact) mass is 280 g/mol. The van der Waals surface area contributed by atoms with Crippen molar-refractivity contribution in [3.05, 3.63) is 24.3 Å². The van der Waals surface area contributed by atoms with E-state index in [1.165, 1.54) is 12.3 Å². The highest BCUT2D eigenvalue weighted by atomic mass is 19.1. The lowest BCUT2D eigenvalue weighted by atomic mass is 9.79. The van der Waals surface area contributed by atoms with Crippen molar-refractivity contribution in [2.24, 2.45) is 5.41 Å². The lowest BCUT2D eigenvalue weighted by Gasteiger charge is -2.26. The summed E-state index contributed by atoms with van der Waals surface area (Å²) in [5.74, 6) is -1.84. The second-order valence-electron chi connectivity index (χ2n) is 5.36. The van der Waals surface area contributed by atoms with Gasteiger partial charge in [0.05, 0.1) is 18.3 Å². The largest absolute Gasteiger partial charge is 0.481 e. The lowest BCUT2D eigenvalue weighted by molar-refractivity contribution is -0.140. The Kier molecular flexibility index (Phi) is 4.32. The zero-order chi connectivity index (χ0) is 14.6. The molecule has 0 radical (unpaired) electrons. The van der Waals surface area contributed by atoms with Crippen LogP contribution < -0.4 is 5.32 Å². The number of halogens is 1. The van der Waals surface area contributed by atoms with E-state index in [1.54, 1.807) is 0 Å². The summed E-state index contributed by atoms with van der Waals surface area (Å²) < 4.78 is 13.4. The van der Waals surface area contributed by atoms with Crippen LogP contribution in [-0.2, 0) is 9.59 Å². The maximum absolute atomic E-state index is 13.4. The van der Waals surface area contributed by atoms with Gasteiger partial charge in [-0.1, -0.05) is 12.8 Å². The van der Waals surface area contributed by atoms with Gasteiger partial charge in [0.25, 0.3) is 0 Å². The van der Waals surface area contributed by atoms with Gasteiger partial charge >= 0.3 is 5.97 Å². The van der Waals surface area contributed by atoms with E-state index in [2.05, 4.69) is 10.3 Å². The van der Waals surface area contributed by atoms with Gasteiger partial charge < -0.3 is 10.4 Å². The minimum Gasteiger partial charge on any atom is -0.481 e. The molecule has 5 nitrogen and oxygen atoms in total. The predicted octanol–water partition coefficient (Wildman–Crippen LogP) is 2.58. The number of hydrogen-bond acceptors (Lipinski definition) is 3. The van der Waals surface area contributed by atoms with Crippen LogP contribution in [0, 0.1) is 11.2 Å². The number of nitrogens with one attached hydrogen (secondary N) is 1. The van der Waals surface area contributed by atoms with Crippen LogP contribution in [0.2, 0.25) is 0 Å². The van der Waals surface area contributed by atoms with Crippen LogP contribution in [0.3, 0.4) is 0 Å². The van der Waals surface area contributed by atoms with Crippen molar-refractivity contribution in [2.45, 2.75) is 38.5 Å². The van der Waals surface area contributed by atoms with Crippen molar-refractivity contribution in [3.8, 4) is 0 Å². The van der Waals surface area contributed by atoms with Crippen molar-refractivity contribution >= 4 is 17.6 Å². The van der Waals surface area contributed by atoms with E-state index in [0.29, 0.717) is 0 Å². The molecule has 1 aromatic rings. The van der Waals surface area contributed by atoms with Crippen LogP contribution in [0.15, 0.2) is 18.5 Å². The highest BCUT2D eigenvalue weighted by molar-refractivity contribution is 5.91. The molecule has 2 rings (SSSR count). The van der Waals surface area contributed by atoms with Gasteiger partial charge in [0, 0.05) is 12.6 Å². The fourth-order valence-electron chi connectivity index (χ4n) is 2.87. The molecule has 6 heteroatoms. The summed E-state index contributed by atoms with van der Waals surface area (Å²) in [6.45, 7) is 0. The van der Waals surface area contributed by atoms with Gasteiger partial charge in [-0.3, -0.25) is 14.6 Å². The summed E-state index contributed by atoms with van der Waals surface area (Å²) in [4.78, 5) is 26.6. The Hall–Kier alpha value is -1.98. The molecule has 20 heavy (non-hydrogen) atoms. The van der Waals surface area contributed by atoms with Crippen LogP contribution >= 0.6 is 0 Å². The van der Waals surface area contributed by atoms with Crippen molar-refractivity contribution in [2.75, 3.05) is 5.32 Å². The highest BCUT2D eigenvalue weighted by Crippen LogP contribution is 2.44. The molecule has 1 aliphatic carbocycles. The van der Waals surface area contributed by atoms with E-state index in [1.807, 2.05) is 0 Å². The van der Waals surface area contributed by atoms with E-state index in [0.717, 1.165) is 31.9 Å². The van der Waals surface area contributed by atoms with Crippen molar-refractivity contribution < 1.29 is 19.1 Å². The molecule has 0 bridgehead atoms. The average molecular weight is 280 g/mol. The first-order chi connectivity index (χ1) is 9.51. The molecule has 0 saturated heterocycles. The first-order valence-electron chi connectivity index (χ1n) is 6.62. The molecule has 0 aliphatic heterocycles. The molecule has 1 saturated carbocycles. The molecule has 0 atom stereocenters. The Labute approximate surface area is 116 Å². The van der Waals surface area contributed by atoms with Crippen LogP contribution in [0.4, 0.5) is 10.1 Å². The van der Waals surface area contributed by atoms with Crippen molar-refractivity contribution in [3.63, 3.8) is 0 Å². The van der Waals surface area contributed by atoms with E-state index in [4.69, 9.17) is 5.11 Å². The highest BCUT2D eigenvalue weighted by Gasteiger charge is 2.38. The van der Waals surface area contributed by atoms with Crippen molar-refractivity contribution in [1.82, 2.24) is 4.98 Å². The Morgan fingerprint density at radius 1 is 1.35 bits per heavy atom. The predicted molar refractivity (Wildman–Crippen MR) is 70.6 cm³/mol. The molecule has 108 valence electrons. The number of carbonyl (C=O) groups excluding carboxylic acids is 1. The minimum atomic E-state index is -0.894. The van der Waals surface area contributed by atoms with E-state index in [9.17, 15) is 14.0 Å². The summed E-state index contributed by atoms with van der Waals surface area (Å²) in [5, 5.41) is 11.5. The molecule has 1 amide bonds. The van der Waals surface area contributed by atoms with Gasteiger partial charge in [-0.2, -0.15) is 0 Å². The first-order valence-corrected chi connectivity index (χ1v) is 6.62. The number of carbonyl (C=O) groups is 2. The van der Waals surface area contributed by atoms with Crippen LogP contribution in [0.1, 0.15) is 38.5 Å².